The standard InChI is InChI=1S/C16H25NO3S2.C12H17NO2S.C8H15NOS.C8H10O2S.ClH/c1-13-6-8-14(9-7-13)22(19,20)12-16(10-5-11-16)17-21(18)15(2,3)4;1-10-3-5-11(6-4-10)16(14,15)9-12(13)7-2-8-12;1-8(2,3)11(10)9-7-5-4-6-7;1-7-3-5-8(6-4-7)11(2,9)10;/h6-9,17H,5,10-12H2,1-4H3;3-6H,2,7-9,13H2,1H3;4-6H2,1-3H3;3-6H,1-2H3;1H. The topological polar surface area (TPSA) is 187 Å². The maximum absolute atomic E-state index is 12.6. The van der Waals surface area contributed by atoms with E-state index in [4.69, 9.17) is 5.73 Å². The summed E-state index contributed by atoms with van der Waals surface area (Å²) in [6.45, 7) is 17.3. The predicted molar refractivity (Wildman–Crippen MR) is 256 cm³/mol. The van der Waals surface area contributed by atoms with Crippen LogP contribution in [0.3, 0.4) is 0 Å². The molecule has 3 fully saturated rings. The van der Waals surface area contributed by atoms with Gasteiger partial charge >= 0.3 is 0 Å². The van der Waals surface area contributed by atoms with E-state index >= 15 is 0 Å². The number of nitrogens with zero attached hydrogens (tertiary/aromatic N) is 1. The van der Waals surface area contributed by atoms with Crippen LogP contribution in [-0.4, -0.2) is 77.7 Å². The number of nitrogens with one attached hydrogen (secondary N) is 1. The van der Waals surface area contributed by atoms with Crippen molar-refractivity contribution in [1.82, 2.24) is 4.72 Å². The lowest BCUT2D eigenvalue weighted by Crippen LogP contribution is -2.58. The highest BCUT2D eigenvalue weighted by Gasteiger charge is 2.44. The van der Waals surface area contributed by atoms with Crippen LogP contribution in [0.5, 0.6) is 0 Å². The van der Waals surface area contributed by atoms with E-state index in [9.17, 15) is 33.7 Å². The fourth-order valence-corrected chi connectivity index (χ4v) is 11.8. The zero-order valence-electron chi connectivity index (χ0n) is 37.4. The zero-order valence-corrected chi connectivity index (χ0v) is 42.3. The average Bonchev–Trinajstić information content (AvgIpc) is 3.08. The van der Waals surface area contributed by atoms with Gasteiger partial charge in [-0.3, -0.25) is 0 Å². The lowest BCUT2D eigenvalue weighted by Gasteiger charge is -2.43. The van der Waals surface area contributed by atoms with Crippen LogP contribution in [-0.2, 0) is 51.5 Å². The van der Waals surface area contributed by atoms with Gasteiger partial charge in [0.1, 0.15) is 11.0 Å². The summed E-state index contributed by atoms with van der Waals surface area (Å²) in [6.07, 6.45) is 9.69. The molecular formula is C44H68ClN3O8S5. The lowest BCUT2D eigenvalue weighted by molar-refractivity contribution is 0.253. The molecule has 0 bridgehead atoms. The summed E-state index contributed by atoms with van der Waals surface area (Å²) in [6, 6.07) is 20.7. The van der Waals surface area contributed by atoms with Crippen LogP contribution < -0.4 is 10.5 Å². The van der Waals surface area contributed by atoms with E-state index in [1.807, 2.05) is 74.4 Å². The highest BCUT2D eigenvalue weighted by Crippen LogP contribution is 2.36. The fourth-order valence-electron chi connectivity index (χ4n) is 5.87. The number of hydrogen-bond donors (Lipinski definition) is 2. The van der Waals surface area contributed by atoms with E-state index in [0.29, 0.717) is 14.7 Å². The van der Waals surface area contributed by atoms with E-state index in [0.717, 1.165) is 73.8 Å². The first-order valence-corrected chi connectivity index (χ1v) is 27.7. The molecule has 0 saturated heterocycles. The summed E-state index contributed by atoms with van der Waals surface area (Å²) in [5.74, 6) is 0.0773. The third-order valence-corrected chi connectivity index (χ3v) is 18.5. The van der Waals surface area contributed by atoms with Crippen LogP contribution in [0.4, 0.5) is 0 Å². The molecule has 2 atom stereocenters. The Balaban J connectivity index is 0.000000291. The normalized spacial score (nSPS) is 17.9. The number of hydrogen-bond acceptors (Lipinski definition) is 9. The molecule has 3 saturated carbocycles. The summed E-state index contributed by atoms with van der Waals surface area (Å²) in [4.78, 5) is 1.10. The summed E-state index contributed by atoms with van der Waals surface area (Å²) < 4.78 is 102. The summed E-state index contributed by atoms with van der Waals surface area (Å²) >= 11 is 0. The molecule has 0 aromatic heterocycles. The average molecular weight is 963 g/mol. The predicted octanol–water partition coefficient (Wildman–Crippen LogP) is 8.29. The second-order valence-electron chi connectivity index (χ2n) is 18.4. The molecule has 0 spiro atoms. The van der Waals surface area contributed by atoms with Gasteiger partial charge in [-0.05, 0) is 156 Å². The third-order valence-electron chi connectivity index (χ3n) is 10.3. The molecule has 3 aromatic rings. The van der Waals surface area contributed by atoms with Gasteiger partial charge < -0.3 is 5.73 Å². The van der Waals surface area contributed by atoms with Gasteiger partial charge in [-0.2, -0.15) is 4.40 Å². The molecule has 0 amide bonds. The molecule has 0 radical (unpaired) electrons. The van der Waals surface area contributed by atoms with Gasteiger partial charge in [0.2, 0.25) is 0 Å². The van der Waals surface area contributed by atoms with Gasteiger partial charge in [0, 0.05) is 23.0 Å². The van der Waals surface area contributed by atoms with E-state index < -0.39 is 67.3 Å². The second-order valence-corrected chi connectivity index (χ2v) is 28.3. The van der Waals surface area contributed by atoms with Crippen LogP contribution in [0.25, 0.3) is 0 Å². The van der Waals surface area contributed by atoms with Gasteiger partial charge in [0.25, 0.3) is 0 Å². The monoisotopic (exact) mass is 961 g/mol. The number of aryl methyl sites for hydroxylation is 3. The van der Waals surface area contributed by atoms with Gasteiger partial charge in [-0.15, -0.1) is 12.4 Å². The highest BCUT2D eigenvalue weighted by atomic mass is 35.5. The van der Waals surface area contributed by atoms with Crippen LogP contribution >= 0.6 is 12.4 Å². The molecule has 3 aromatic carbocycles. The minimum Gasteiger partial charge on any atom is -0.324 e. The van der Waals surface area contributed by atoms with E-state index in [2.05, 4.69) is 9.12 Å². The largest absolute Gasteiger partial charge is 0.324 e. The van der Waals surface area contributed by atoms with Crippen LogP contribution in [0, 0.1) is 20.8 Å². The second kappa shape index (κ2) is 22.1. The Hall–Kier alpha value is -2.31. The molecule has 3 aliphatic rings. The first-order chi connectivity index (χ1) is 27.5. The molecule has 3 aliphatic carbocycles. The number of sulfone groups is 3. The van der Waals surface area contributed by atoms with Crippen LogP contribution in [0.1, 0.15) is 116 Å². The number of halogens is 1. The minimum absolute atomic E-state index is 0. The van der Waals surface area contributed by atoms with Crippen LogP contribution in [0.2, 0.25) is 0 Å². The molecule has 344 valence electrons. The molecule has 3 N–H and O–H groups in total. The summed E-state index contributed by atoms with van der Waals surface area (Å²) in [5.41, 5.74) is 9.24. The Morgan fingerprint density at radius 2 is 0.984 bits per heavy atom. The van der Waals surface area contributed by atoms with Crippen molar-refractivity contribution in [2.75, 3.05) is 17.8 Å². The van der Waals surface area contributed by atoms with Crippen molar-refractivity contribution in [2.45, 2.75) is 155 Å². The van der Waals surface area contributed by atoms with E-state index in [1.165, 1.54) is 12.7 Å². The van der Waals surface area contributed by atoms with Gasteiger partial charge in [-0.1, -0.05) is 53.1 Å². The van der Waals surface area contributed by atoms with Gasteiger partial charge in [0.05, 0.1) is 46.7 Å². The molecule has 11 nitrogen and oxygen atoms in total. The Labute approximate surface area is 378 Å². The molecule has 17 heteroatoms. The molecule has 0 aliphatic heterocycles. The molecule has 6 rings (SSSR count). The summed E-state index contributed by atoms with van der Waals surface area (Å²) in [7, 11) is -11.9. The van der Waals surface area contributed by atoms with E-state index in [1.54, 1.807) is 60.7 Å². The quantitative estimate of drug-likeness (QED) is 0.202. The molecule has 2 unspecified atom stereocenters. The van der Waals surface area contributed by atoms with Crippen molar-refractivity contribution < 1.29 is 33.7 Å². The molecule has 0 heterocycles. The Morgan fingerprint density at radius 3 is 1.26 bits per heavy atom. The lowest BCUT2D eigenvalue weighted by atomic mass is 9.79. The molecule has 61 heavy (non-hydrogen) atoms. The molecular weight excluding hydrogens is 894 g/mol. The number of rotatable bonds is 10. The minimum atomic E-state index is -3.38. The van der Waals surface area contributed by atoms with Crippen molar-refractivity contribution in [3.05, 3.63) is 89.5 Å². The van der Waals surface area contributed by atoms with Crippen LogP contribution in [0.15, 0.2) is 91.9 Å². The van der Waals surface area contributed by atoms with E-state index in [-0.39, 0.29) is 28.7 Å². The van der Waals surface area contributed by atoms with Crippen molar-refractivity contribution >= 4 is 69.6 Å². The maximum atomic E-state index is 12.6. The fraction of sp³-hybridized carbons (Fsp3) is 0.568. The number of nitrogens with two attached hydrogens (primary N) is 1. The highest BCUT2D eigenvalue weighted by molar-refractivity contribution is 7.92. The van der Waals surface area contributed by atoms with Gasteiger partial charge in [-0.25, -0.2) is 38.4 Å². The Kier molecular flexibility index (Phi) is 19.8. The zero-order chi connectivity index (χ0) is 45.4. The number of benzene rings is 3. The first-order valence-electron chi connectivity index (χ1n) is 20.3. The summed E-state index contributed by atoms with van der Waals surface area (Å²) in [5, 5.41) is 0. The maximum Gasteiger partial charge on any atom is 0.180 e. The van der Waals surface area contributed by atoms with Crippen molar-refractivity contribution in [1.29, 1.82) is 0 Å². The smallest absolute Gasteiger partial charge is 0.180 e. The van der Waals surface area contributed by atoms with Crippen molar-refractivity contribution in [3.63, 3.8) is 0 Å². The Bertz CT molecular complexity index is 2300. The first kappa shape index (κ1) is 54.8. The van der Waals surface area contributed by atoms with Crippen molar-refractivity contribution in [2.24, 2.45) is 10.1 Å². The van der Waals surface area contributed by atoms with Crippen molar-refractivity contribution in [3.8, 4) is 0 Å². The SMILES string of the molecule is CC(C)(C)S(=O)N=C1CCC1.Cc1ccc(S(=O)(=O)CC2(N)CCC2)cc1.Cc1ccc(S(=O)(=O)CC2(NS(=O)C(C)(C)C)CCC2)cc1.Cc1ccc(S(C)(=O)=O)cc1.Cl. The van der Waals surface area contributed by atoms with Gasteiger partial charge in [0.15, 0.2) is 29.5 Å². The third kappa shape index (κ3) is 17.6. The Morgan fingerprint density at radius 1 is 0.607 bits per heavy atom.